The van der Waals surface area contributed by atoms with Crippen molar-refractivity contribution in [3.05, 3.63) is 33.5 Å². The van der Waals surface area contributed by atoms with Crippen LogP contribution in [0.2, 0.25) is 0 Å². The van der Waals surface area contributed by atoms with Gasteiger partial charge in [0, 0.05) is 42.1 Å². The Hall–Kier alpha value is -1.44. The minimum absolute atomic E-state index is 0.150. The highest BCUT2D eigenvalue weighted by molar-refractivity contribution is 7.13. The number of nitrogens with one attached hydrogen (secondary N) is 2. The van der Waals surface area contributed by atoms with Gasteiger partial charge < -0.3 is 10.6 Å². The number of rotatable bonds is 6. The fourth-order valence-corrected chi connectivity index (χ4v) is 4.89. The van der Waals surface area contributed by atoms with Crippen molar-refractivity contribution < 1.29 is 4.79 Å². The summed E-state index contributed by atoms with van der Waals surface area (Å²) in [6.07, 6.45) is 5.64. The van der Waals surface area contributed by atoms with Gasteiger partial charge in [-0.3, -0.25) is 9.69 Å². The summed E-state index contributed by atoms with van der Waals surface area (Å²) >= 11 is 3.38. The number of aryl methyl sites for hydroxylation is 1. The van der Waals surface area contributed by atoms with Crippen LogP contribution in [0, 0.1) is 6.92 Å². The van der Waals surface area contributed by atoms with E-state index in [0.29, 0.717) is 6.04 Å². The summed E-state index contributed by atoms with van der Waals surface area (Å²) in [5.41, 5.74) is 0.843. The number of thiazole rings is 1. The van der Waals surface area contributed by atoms with Crippen LogP contribution in [0.5, 0.6) is 0 Å². The zero-order valence-electron chi connectivity index (χ0n) is 14.5. The normalized spacial score (nSPS) is 20.4. The highest BCUT2D eigenvalue weighted by Crippen LogP contribution is 2.31. The Labute approximate surface area is 156 Å². The third kappa shape index (κ3) is 3.88. The van der Waals surface area contributed by atoms with Gasteiger partial charge in [-0.05, 0) is 49.6 Å². The minimum Gasteiger partial charge on any atom is -0.351 e. The van der Waals surface area contributed by atoms with Crippen molar-refractivity contribution in [1.29, 1.82) is 0 Å². The molecule has 0 unspecified atom stereocenters. The fourth-order valence-electron chi connectivity index (χ4n) is 3.31. The van der Waals surface area contributed by atoms with E-state index in [1.807, 2.05) is 16.7 Å². The van der Waals surface area contributed by atoms with E-state index in [9.17, 15) is 4.79 Å². The number of thiophene rings is 1. The molecule has 25 heavy (non-hydrogen) atoms. The molecule has 3 heterocycles. The van der Waals surface area contributed by atoms with Gasteiger partial charge in [0.2, 0.25) is 5.91 Å². The summed E-state index contributed by atoms with van der Waals surface area (Å²) in [5, 5.41) is 11.6. The van der Waals surface area contributed by atoms with Crippen LogP contribution in [0.4, 0.5) is 5.13 Å². The number of likely N-dealkylation sites (tertiary alicyclic amines) is 1. The second kappa shape index (κ2) is 7.05. The number of nitrogens with zero attached hydrogens (tertiary/aromatic N) is 2. The first-order valence-corrected chi connectivity index (χ1v) is 10.6. The largest absolute Gasteiger partial charge is 0.351 e. The third-order valence-corrected chi connectivity index (χ3v) is 6.87. The van der Waals surface area contributed by atoms with E-state index in [4.69, 9.17) is 0 Å². The maximum Gasteiger partial charge on any atom is 0.246 e. The molecular weight excluding hydrogens is 352 g/mol. The molecule has 2 aliphatic rings. The molecule has 2 N–H and O–H groups in total. The Morgan fingerprint density at radius 2 is 2.12 bits per heavy atom. The number of carbonyl (C=O) groups excluding carboxylic acids is 1. The molecule has 0 atom stereocenters. The van der Waals surface area contributed by atoms with Crippen molar-refractivity contribution in [3.63, 3.8) is 0 Å². The average Bonchev–Trinajstić information content (AvgIpc) is 3.11. The van der Waals surface area contributed by atoms with Crippen LogP contribution in [-0.2, 0) is 11.3 Å². The van der Waals surface area contributed by atoms with Gasteiger partial charge in [-0.2, -0.15) is 0 Å². The molecule has 0 aromatic carbocycles. The van der Waals surface area contributed by atoms with Crippen molar-refractivity contribution in [3.8, 4) is 0 Å². The molecule has 1 saturated carbocycles. The average molecular weight is 377 g/mol. The summed E-state index contributed by atoms with van der Waals surface area (Å²) in [6, 6.07) is 2.57. The Balaban J connectivity index is 1.44. The van der Waals surface area contributed by atoms with Gasteiger partial charge in [-0.1, -0.05) is 0 Å². The number of piperidine rings is 1. The summed E-state index contributed by atoms with van der Waals surface area (Å²) in [6.45, 7) is 5.01. The summed E-state index contributed by atoms with van der Waals surface area (Å²) in [7, 11) is 0. The van der Waals surface area contributed by atoms with Gasteiger partial charge in [0.05, 0.1) is 0 Å². The van der Waals surface area contributed by atoms with Gasteiger partial charge in [-0.15, -0.1) is 22.7 Å². The quantitative estimate of drug-likeness (QED) is 0.813. The van der Waals surface area contributed by atoms with E-state index in [1.54, 1.807) is 17.5 Å². The van der Waals surface area contributed by atoms with E-state index < -0.39 is 5.54 Å². The first-order chi connectivity index (χ1) is 12.1. The zero-order chi connectivity index (χ0) is 17.3. The van der Waals surface area contributed by atoms with E-state index in [-0.39, 0.29) is 5.91 Å². The number of carbonyl (C=O) groups is 1. The van der Waals surface area contributed by atoms with Crippen LogP contribution in [0.15, 0.2) is 23.0 Å². The van der Waals surface area contributed by atoms with Gasteiger partial charge >= 0.3 is 0 Å². The molecule has 4 rings (SSSR count). The topological polar surface area (TPSA) is 57.3 Å². The number of anilines is 1. The molecule has 1 aliphatic heterocycles. The molecule has 1 saturated heterocycles. The lowest BCUT2D eigenvalue weighted by atomic mass is 9.86. The molecular formula is C18H24N4OS2. The SMILES string of the molecule is Cc1ccsc1CN1CCC(Nc2nccs2)(C(=O)NC2CC2)CC1. The first kappa shape index (κ1) is 17.0. The van der Waals surface area contributed by atoms with Crippen molar-refractivity contribution in [2.24, 2.45) is 0 Å². The van der Waals surface area contributed by atoms with Gasteiger partial charge in [0.1, 0.15) is 5.54 Å². The van der Waals surface area contributed by atoms with Crippen LogP contribution in [0.1, 0.15) is 36.1 Å². The van der Waals surface area contributed by atoms with Crippen LogP contribution in [-0.4, -0.2) is 40.5 Å². The number of hydrogen-bond donors (Lipinski definition) is 2. The number of hydrogen-bond acceptors (Lipinski definition) is 6. The standard InChI is InChI=1S/C18H24N4OS2/c1-13-4-10-24-15(13)12-22-8-5-18(6-9-22,16(23)20-14-2-3-14)21-17-19-7-11-25-17/h4,7,10-11,14H,2-3,5-6,8-9,12H2,1H3,(H,19,21)(H,20,23). The summed E-state index contributed by atoms with van der Waals surface area (Å²) in [5.74, 6) is 0.150. The van der Waals surface area contributed by atoms with Crippen LogP contribution in [0.25, 0.3) is 0 Å². The van der Waals surface area contributed by atoms with Crippen LogP contribution < -0.4 is 10.6 Å². The molecule has 7 heteroatoms. The second-order valence-electron chi connectivity index (χ2n) is 7.10. The molecule has 1 amide bonds. The number of amides is 1. The summed E-state index contributed by atoms with van der Waals surface area (Å²) < 4.78 is 0. The van der Waals surface area contributed by atoms with Crippen molar-refractivity contribution in [2.45, 2.75) is 50.7 Å². The van der Waals surface area contributed by atoms with Crippen molar-refractivity contribution in [1.82, 2.24) is 15.2 Å². The molecule has 1 aliphatic carbocycles. The van der Waals surface area contributed by atoms with Crippen LogP contribution in [0.3, 0.4) is 0 Å². The van der Waals surface area contributed by atoms with Crippen molar-refractivity contribution >= 4 is 33.7 Å². The second-order valence-corrected chi connectivity index (χ2v) is 8.99. The predicted octanol–water partition coefficient (Wildman–Crippen LogP) is 3.24. The molecule has 0 radical (unpaired) electrons. The van der Waals surface area contributed by atoms with E-state index in [0.717, 1.165) is 50.4 Å². The predicted molar refractivity (Wildman–Crippen MR) is 103 cm³/mol. The number of aromatic nitrogens is 1. The van der Waals surface area contributed by atoms with Crippen LogP contribution >= 0.6 is 22.7 Å². The lowest BCUT2D eigenvalue weighted by Gasteiger charge is -2.41. The minimum atomic E-state index is -0.526. The molecule has 2 aromatic rings. The molecule has 2 fully saturated rings. The highest BCUT2D eigenvalue weighted by Gasteiger charge is 2.43. The molecule has 0 spiro atoms. The highest BCUT2D eigenvalue weighted by atomic mass is 32.1. The lowest BCUT2D eigenvalue weighted by Crippen LogP contribution is -2.58. The summed E-state index contributed by atoms with van der Waals surface area (Å²) in [4.78, 5) is 21.2. The fraction of sp³-hybridized carbons (Fsp3) is 0.556. The Kier molecular flexibility index (Phi) is 4.80. The van der Waals surface area contributed by atoms with Gasteiger partial charge in [0.15, 0.2) is 5.13 Å². The molecule has 5 nitrogen and oxygen atoms in total. The first-order valence-electron chi connectivity index (χ1n) is 8.89. The van der Waals surface area contributed by atoms with E-state index in [2.05, 4.69) is 38.9 Å². The zero-order valence-corrected chi connectivity index (χ0v) is 16.1. The van der Waals surface area contributed by atoms with E-state index >= 15 is 0 Å². The molecule has 134 valence electrons. The van der Waals surface area contributed by atoms with Gasteiger partial charge in [0.25, 0.3) is 0 Å². The Bertz CT molecular complexity index is 715. The molecule has 0 bridgehead atoms. The third-order valence-electron chi connectivity index (χ3n) is 5.17. The van der Waals surface area contributed by atoms with Crippen molar-refractivity contribution in [2.75, 3.05) is 18.4 Å². The maximum absolute atomic E-state index is 13.0. The Morgan fingerprint density at radius 1 is 1.32 bits per heavy atom. The molecule has 2 aromatic heterocycles. The van der Waals surface area contributed by atoms with Gasteiger partial charge in [-0.25, -0.2) is 4.98 Å². The maximum atomic E-state index is 13.0. The Morgan fingerprint density at radius 3 is 2.72 bits per heavy atom. The smallest absolute Gasteiger partial charge is 0.246 e. The lowest BCUT2D eigenvalue weighted by molar-refractivity contribution is -0.127. The monoisotopic (exact) mass is 376 g/mol. The van der Waals surface area contributed by atoms with E-state index in [1.165, 1.54) is 10.4 Å².